The topological polar surface area (TPSA) is 83.8 Å². The summed E-state index contributed by atoms with van der Waals surface area (Å²) in [6.45, 7) is 5.46. The maximum atomic E-state index is 13.0. The first-order chi connectivity index (χ1) is 16.3. The molecular formula is C23H25F3N8. The number of nitrogens with zero attached hydrogens (tertiary/aromatic N) is 6. The Kier molecular flexibility index (Phi) is 6.53. The molecule has 0 spiro atoms. The highest BCUT2D eigenvalue weighted by Crippen LogP contribution is 2.29. The van der Waals surface area contributed by atoms with E-state index in [0.29, 0.717) is 30.5 Å². The van der Waals surface area contributed by atoms with E-state index in [2.05, 4.69) is 30.6 Å². The molecule has 0 amide bonds. The molecule has 34 heavy (non-hydrogen) atoms. The fourth-order valence-corrected chi connectivity index (χ4v) is 3.54. The first-order valence-electron chi connectivity index (χ1n) is 10.9. The summed E-state index contributed by atoms with van der Waals surface area (Å²) in [7, 11) is 1.89. The molecule has 0 saturated heterocycles. The molecule has 0 aliphatic heterocycles. The average Bonchev–Trinajstić information content (AvgIpc) is 3.13. The number of hydrogen-bond acceptors (Lipinski definition) is 7. The number of aryl methyl sites for hydroxylation is 1. The summed E-state index contributed by atoms with van der Waals surface area (Å²) >= 11 is 0. The average molecular weight is 471 g/mol. The van der Waals surface area contributed by atoms with E-state index in [1.807, 2.05) is 54.6 Å². The van der Waals surface area contributed by atoms with Gasteiger partial charge >= 0.3 is 6.18 Å². The van der Waals surface area contributed by atoms with Crippen LogP contribution in [0.5, 0.6) is 0 Å². The van der Waals surface area contributed by atoms with Crippen molar-refractivity contribution in [1.29, 1.82) is 0 Å². The predicted octanol–water partition coefficient (Wildman–Crippen LogP) is 4.98. The van der Waals surface area contributed by atoms with Crippen LogP contribution in [-0.4, -0.2) is 37.6 Å². The number of hydrogen-bond donors (Lipinski definition) is 2. The summed E-state index contributed by atoms with van der Waals surface area (Å²) in [5, 5.41) is 6.17. The lowest BCUT2D eigenvalue weighted by atomic mass is 10.1. The molecule has 2 N–H and O–H groups in total. The molecular weight excluding hydrogens is 445 g/mol. The Bertz CT molecular complexity index is 1280. The first kappa shape index (κ1) is 23.3. The van der Waals surface area contributed by atoms with Gasteiger partial charge in [0.25, 0.3) is 0 Å². The molecule has 2 aromatic carbocycles. The minimum atomic E-state index is -4.40. The van der Waals surface area contributed by atoms with Gasteiger partial charge in [-0.25, -0.2) is 4.98 Å². The zero-order valence-corrected chi connectivity index (χ0v) is 19.1. The Balaban J connectivity index is 1.62. The van der Waals surface area contributed by atoms with Gasteiger partial charge in [-0.2, -0.15) is 28.1 Å². The lowest BCUT2D eigenvalue weighted by molar-refractivity contribution is -0.137. The highest BCUT2D eigenvalue weighted by molar-refractivity contribution is 5.79. The molecule has 4 aromatic rings. The highest BCUT2D eigenvalue weighted by Gasteiger charge is 2.30. The Hall–Kier alpha value is -3.89. The Labute approximate surface area is 194 Å². The van der Waals surface area contributed by atoms with Crippen LogP contribution in [0.4, 0.5) is 37.0 Å². The van der Waals surface area contributed by atoms with E-state index in [4.69, 9.17) is 0 Å². The standard InChI is InChI=1S/C23H25F3N8/c1-4-34(5-2)22-30-19(27-14-15-9-8-10-16(13-15)23(24,25)26)29-20(32-22)31-21-28-17-11-6-7-12-18(17)33(21)3/h6-13H,4-5,14H2,1-3H3,(H2,27,28,29,30,31,32). The van der Waals surface area contributed by atoms with E-state index in [9.17, 15) is 13.2 Å². The van der Waals surface area contributed by atoms with Gasteiger partial charge in [-0.15, -0.1) is 0 Å². The fourth-order valence-electron chi connectivity index (χ4n) is 3.54. The molecule has 11 heteroatoms. The van der Waals surface area contributed by atoms with Crippen LogP contribution in [0.15, 0.2) is 48.5 Å². The number of aromatic nitrogens is 5. The first-order valence-corrected chi connectivity index (χ1v) is 10.9. The van der Waals surface area contributed by atoms with Gasteiger partial charge < -0.3 is 14.8 Å². The van der Waals surface area contributed by atoms with Gasteiger partial charge in [-0.1, -0.05) is 24.3 Å². The number of fused-ring (bicyclic) bond motifs is 1. The molecule has 0 fully saturated rings. The molecule has 0 radical (unpaired) electrons. The van der Waals surface area contributed by atoms with Crippen molar-refractivity contribution in [3.05, 3.63) is 59.7 Å². The molecule has 0 bridgehead atoms. The van der Waals surface area contributed by atoms with Crippen molar-refractivity contribution in [3.63, 3.8) is 0 Å². The number of alkyl halides is 3. The van der Waals surface area contributed by atoms with E-state index in [0.717, 1.165) is 23.2 Å². The predicted molar refractivity (Wildman–Crippen MR) is 126 cm³/mol. The Morgan fingerprint density at radius 1 is 0.912 bits per heavy atom. The van der Waals surface area contributed by atoms with Crippen LogP contribution in [0.25, 0.3) is 11.0 Å². The molecule has 4 rings (SSSR count). The summed E-state index contributed by atoms with van der Waals surface area (Å²) in [6.07, 6.45) is -4.40. The van der Waals surface area contributed by atoms with Crippen molar-refractivity contribution in [2.24, 2.45) is 7.05 Å². The molecule has 0 aliphatic rings. The van der Waals surface area contributed by atoms with Crippen molar-refractivity contribution in [3.8, 4) is 0 Å². The van der Waals surface area contributed by atoms with E-state index >= 15 is 0 Å². The molecule has 0 saturated carbocycles. The van der Waals surface area contributed by atoms with Crippen LogP contribution in [-0.2, 0) is 19.8 Å². The second kappa shape index (κ2) is 9.54. The van der Waals surface area contributed by atoms with Crippen LogP contribution < -0.4 is 15.5 Å². The maximum absolute atomic E-state index is 13.0. The number of imidazole rings is 1. The summed E-state index contributed by atoms with van der Waals surface area (Å²) in [6, 6.07) is 12.9. The van der Waals surface area contributed by atoms with Gasteiger partial charge in [-0.05, 0) is 43.7 Å². The monoisotopic (exact) mass is 470 g/mol. The largest absolute Gasteiger partial charge is 0.416 e. The lowest BCUT2D eigenvalue weighted by Crippen LogP contribution is -2.25. The molecule has 178 valence electrons. The molecule has 2 aromatic heterocycles. The van der Waals surface area contributed by atoms with Crippen LogP contribution in [0.2, 0.25) is 0 Å². The molecule has 0 aliphatic carbocycles. The van der Waals surface area contributed by atoms with Gasteiger partial charge in [0.05, 0.1) is 16.6 Å². The summed E-state index contributed by atoms with van der Waals surface area (Å²) < 4.78 is 41.0. The van der Waals surface area contributed by atoms with E-state index < -0.39 is 11.7 Å². The number of rotatable bonds is 8. The SMILES string of the molecule is CCN(CC)c1nc(NCc2cccc(C(F)(F)F)c2)nc(Nc2nc3ccccc3n2C)n1. The Morgan fingerprint density at radius 3 is 2.35 bits per heavy atom. The van der Waals surface area contributed by atoms with Crippen molar-refractivity contribution in [2.45, 2.75) is 26.6 Å². The van der Waals surface area contributed by atoms with Crippen LogP contribution in [0, 0.1) is 0 Å². The van der Waals surface area contributed by atoms with Gasteiger partial charge in [0.2, 0.25) is 23.8 Å². The summed E-state index contributed by atoms with van der Waals surface area (Å²) in [4.78, 5) is 20.0. The quantitative estimate of drug-likeness (QED) is 0.376. The maximum Gasteiger partial charge on any atom is 0.416 e. The van der Waals surface area contributed by atoms with E-state index in [1.54, 1.807) is 6.07 Å². The Morgan fingerprint density at radius 2 is 1.65 bits per heavy atom. The van der Waals surface area contributed by atoms with Crippen molar-refractivity contribution in [2.75, 3.05) is 28.6 Å². The highest BCUT2D eigenvalue weighted by atomic mass is 19.4. The summed E-state index contributed by atoms with van der Waals surface area (Å²) in [5.74, 6) is 1.53. The molecule has 0 atom stereocenters. The third-order valence-corrected chi connectivity index (χ3v) is 5.39. The van der Waals surface area contributed by atoms with Gasteiger partial charge in [0.15, 0.2) is 0 Å². The minimum absolute atomic E-state index is 0.122. The van der Waals surface area contributed by atoms with Crippen LogP contribution in [0.3, 0.4) is 0 Å². The van der Waals surface area contributed by atoms with Crippen molar-refractivity contribution < 1.29 is 13.2 Å². The number of benzene rings is 2. The number of para-hydroxylation sites is 2. The van der Waals surface area contributed by atoms with Crippen molar-refractivity contribution in [1.82, 2.24) is 24.5 Å². The van der Waals surface area contributed by atoms with E-state index in [1.165, 1.54) is 6.07 Å². The molecule has 0 unspecified atom stereocenters. The van der Waals surface area contributed by atoms with Crippen molar-refractivity contribution >= 4 is 34.8 Å². The lowest BCUT2D eigenvalue weighted by Gasteiger charge is -2.20. The van der Waals surface area contributed by atoms with Crippen LogP contribution in [0.1, 0.15) is 25.0 Å². The van der Waals surface area contributed by atoms with Gasteiger partial charge in [0, 0.05) is 26.7 Å². The smallest absolute Gasteiger partial charge is 0.350 e. The number of nitrogens with one attached hydrogen (secondary N) is 2. The zero-order valence-electron chi connectivity index (χ0n) is 19.1. The molecule has 8 nitrogen and oxygen atoms in total. The second-order valence-corrected chi connectivity index (χ2v) is 7.61. The number of anilines is 4. The van der Waals surface area contributed by atoms with E-state index in [-0.39, 0.29) is 18.4 Å². The zero-order chi connectivity index (χ0) is 24.3. The second-order valence-electron chi connectivity index (χ2n) is 7.61. The summed E-state index contributed by atoms with van der Waals surface area (Å²) in [5.41, 5.74) is 1.54. The normalized spacial score (nSPS) is 11.6. The molecule has 2 heterocycles. The van der Waals surface area contributed by atoms with Crippen LogP contribution >= 0.6 is 0 Å². The third kappa shape index (κ3) is 5.03. The minimum Gasteiger partial charge on any atom is -0.350 e. The third-order valence-electron chi connectivity index (χ3n) is 5.39. The number of halogens is 3. The fraction of sp³-hybridized carbons (Fsp3) is 0.304. The van der Waals surface area contributed by atoms with Gasteiger partial charge in [-0.3, -0.25) is 5.32 Å². The van der Waals surface area contributed by atoms with Gasteiger partial charge in [0.1, 0.15) is 0 Å².